The van der Waals surface area contributed by atoms with E-state index in [9.17, 15) is 9.59 Å². The van der Waals surface area contributed by atoms with Gasteiger partial charge in [-0.2, -0.15) is 9.78 Å². The first-order chi connectivity index (χ1) is 17.6. The molecule has 1 aliphatic carbocycles. The van der Waals surface area contributed by atoms with Crippen molar-refractivity contribution in [1.82, 2.24) is 14.7 Å². The number of nitrogens with zero attached hydrogens (tertiary/aromatic N) is 3. The lowest BCUT2D eigenvalue weighted by Gasteiger charge is -2.23. The monoisotopic (exact) mass is 510 g/mol. The molecule has 0 spiro atoms. The lowest BCUT2D eigenvalue weighted by Crippen LogP contribution is -2.33. The Morgan fingerprint density at radius 1 is 1.24 bits per heavy atom. The van der Waals surface area contributed by atoms with Gasteiger partial charge in [0.05, 0.1) is 13.3 Å². The Morgan fingerprint density at radius 2 is 2.00 bits per heavy atom. The predicted octanol–water partition coefficient (Wildman–Crippen LogP) is 4.84. The van der Waals surface area contributed by atoms with Gasteiger partial charge in [-0.3, -0.25) is 4.79 Å². The van der Waals surface area contributed by atoms with Gasteiger partial charge < -0.3 is 24.8 Å². The molecule has 1 aromatic carbocycles. The number of rotatable bonds is 6. The Labute approximate surface area is 218 Å². The highest BCUT2D eigenvalue weighted by atomic mass is 16.6. The van der Waals surface area contributed by atoms with Gasteiger partial charge in [-0.05, 0) is 70.2 Å². The summed E-state index contributed by atoms with van der Waals surface area (Å²) in [6, 6.07) is 7.35. The molecule has 0 radical (unpaired) electrons. The highest BCUT2D eigenvalue weighted by Crippen LogP contribution is 2.31. The van der Waals surface area contributed by atoms with Crippen molar-refractivity contribution in [3.63, 3.8) is 0 Å². The third-order valence-electron chi connectivity index (χ3n) is 5.85. The average Bonchev–Trinajstić information content (AvgIpc) is 3.51. The fourth-order valence-electron chi connectivity index (χ4n) is 4.00. The van der Waals surface area contributed by atoms with Crippen molar-refractivity contribution >= 4 is 23.3 Å². The van der Waals surface area contributed by atoms with E-state index in [2.05, 4.69) is 10.4 Å². The molecule has 9 nitrogen and oxygen atoms in total. The summed E-state index contributed by atoms with van der Waals surface area (Å²) in [6.45, 7) is 8.40. The Morgan fingerprint density at radius 3 is 2.62 bits per heavy atom. The van der Waals surface area contributed by atoms with E-state index < -0.39 is 11.7 Å². The molecule has 9 heteroatoms. The van der Waals surface area contributed by atoms with Crippen LogP contribution < -0.4 is 10.1 Å². The number of nitrogens with one attached hydrogen (secondary N) is 1. The van der Waals surface area contributed by atoms with Crippen LogP contribution >= 0.6 is 0 Å². The zero-order valence-electron chi connectivity index (χ0n) is 22.4. The third-order valence-corrected chi connectivity index (χ3v) is 5.85. The summed E-state index contributed by atoms with van der Waals surface area (Å²) in [7, 11) is 1.63. The van der Waals surface area contributed by atoms with Crippen LogP contribution in [0, 0.1) is 0 Å². The Hall–Kier alpha value is -3.59. The molecule has 1 unspecified atom stereocenters. The maximum absolute atomic E-state index is 13.0. The predicted molar refractivity (Wildman–Crippen MR) is 143 cm³/mol. The smallest absolute Gasteiger partial charge is 0.435 e. The quantitative estimate of drug-likeness (QED) is 0.573. The van der Waals surface area contributed by atoms with Crippen LogP contribution in [0.4, 0.5) is 10.5 Å². The molecule has 2 heterocycles. The van der Waals surface area contributed by atoms with Crippen LogP contribution in [0.2, 0.25) is 0 Å². The molecule has 1 atom stereocenters. The fourth-order valence-corrected chi connectivity index (χ4v) is 4.00. The molecular formula is C28H38N4O5. The van der Waals surface area contributed by atoms with E-state index in [-0.39, 0.29) is 11.9 Å². The van der Waals surface area contributed by atoms with Crippen molar-refractivity contribution in [2.75, 3.05) is 25.6 Å². The largest absolute Gasteiger partial charge is 0.497 e. The van der Waals surface area contributed by atoms with Crippen LogP contribution in [-0.4, -0.2) is 63.7 Å². The lowest BCUT2D eigenvalue weighted by molar-refractivity contribution is -0.126. The summed E-state index contributed by atoms with van der Waals surface area (Å²) in [5.41, 5.74) is 3.26. The van der Waals surface area contributed by atoms with Crippen molar-refractivity contribution in [2.24, 2.45) is 0 Å². The molecule has 1 aromatic heterocycles. The van der Waals surface area contributed by atoms with Gasteiger partial charge in [0.1, 0.15) is 17.4 Å². The molecule has 1 aliphatic heterocycles. The number of amides is 1. The number of carbonyl (C=O) groups is 2. The van der Waals surface area contributed by atoms with Crippen LogP contribution in [0.25, 0.3) is 5.57 Å². The number of methoxy groups -OCH3 is 1. The molecule has 2 aromatic rings. The number of anilines is 1. The van der Waals surface area contributed by atoms with Crippen molar-refractivity contribution in [2.45, 2.75) is 65.0 Å². The normalized spacial score (nSPS) is 17.4. The van der Waals surface area contributed by atoms with Gasteiger partial charge in [0.25, 0.3) is 0 Å². The number of ether oxygens (including phenoxy) is 2. The number of allylic oxidation sites excluding steroid dienone is 4. The SMILES string of the molecule is CCCO.COc1cccc(NC2CCN(C3=CC=C(c4cnn(C(=O)OC(C)(C)C)c4)CC3)C2=O)c1. The number of likely N-dealkylation sites (tertiary alicyclic amines) is 1. The van der Waals surface area contributed by atoms with Crippen molar-refractivity contribution < 1.29 is 24.2 Å². The van der Waals surface area contributed by atoms with E-state index in [1.54, 1.807) is 19.5 Å². The van der Waals surface area contributed by atoms with Gasteiger partial charge in [-0.15, -0.1) is 0 Å². The number of hydrogen-bond acceptors (Lipinski definition) is 7. The second-order valence-corrected chi connectivity index (χ2v) is 9.93. The van der Waals surface area contributed by atoms with E-state index in [1.165, 1.54) is 4.68 Å². The van der Waals surface area contributed by atoms with E-state index in [0.717, 1.165) is 54.0 Å². The molecule has 4 rings (SSSR count). The zero-order chi connectivity index (χ0) is 27.0. The second-order valence-electron chi connectivity index (χ2n) is 9.93. The van der Waals surface area contributed by atoms with E-state index in [0.29, 0.717) is 13.2 Å². The Balaban J connectivity index is 0.000000886. The maximum Gasteiger partial charge on any atom is 0.435 e. The minimum atomic E-state index is -0.577. The third kappa shape index (κ3) is 7.69. The highest BCUT2D eigenvalue weighted by molar-refractivity contribution is 5.88. The van der Waals surface area contributed by atoms with E-state index >= 15 is 0 Å². The molecule has 1 amide bonds. The summed E-state index contributed by atoms with van der Waals surface area (Å²) in [5, 5.41) is 15.3. The van der Waals surface area contributed by atoms with Crippen LogP contribution in [0.15, 0.2) is 54.5 Å². The van der Waals surface area contributed by atoms with Crippen LogP contribution in [0.1, 0.15) is 58.9 Å². The fraction of sp³-hybridized carbons (Fsp3) is 0.464. The van der Waals surface area contributed by atoms with Crippen LogP contribution in [-0.2, 0) is 9.53 Å². The van der Waals surface area contributed by atoms with Crippen LogP contribution in [0.3, 0.4) is 0 Å². The standard InChI is InChI=1S/C25H30N4O4.C3H8O/c1-25(2,3)33-24(31)29-16-18(15-26-29)17-8-10-20(11-9-17)28-13-12-22(23(28)30)27-19-6-5-7-21(14-19)32-4;1-2-3-4/h5-8,10,14-16,22,27H,9,11-13H2,1-4H3;4H,2-3H2,1H3. The molecule has 0 bridgehead atoms. The number of aromatic nitrogens is 2. The Bertz CT molecular complexity index is 1140. The lowest BCUT2D eigenvalue weighted by atomic mass is 9.97. The molecule has 200 valence electrons. The first-order valence-corrected chi connectivity index (χ1v) is 12.7. The maximum atomic E-state index is 13.0. The zero-order valence-corrected chi connectivity index (χ0v) is 22.4. The van der Waals surface area contributed by atoms with Crippen molar-refractivity contribution in [3.8, 4) is 5.75 Å². The summed E-state index contributed by atoms with van der Waals surface area (Å²) >= 11 is 0. The van der Waals surface area contributed by atoms with Crippen LogP contribution in [0.5, 0.6) is 5.75 Å². The molecular weight excluding hydrogens is 472 g/mol. The first kappa shape index (κ1) is 28.0. The Kier molecular flexibility index (Phi) is 9.52. The van der Waals surface area contributed by atoms with E-state index in [1.807, 2.05) is 69.0 Å². The minimum Gasteiger partial charge on any atom is -0.497 e. The van der Waals surface area contributed by atoms with Crippen molar-refractivity contribution in [1.29, 1.82) is 0 Å². The molecule has 1 saturated heterocycles. The molecule has 2 N–H and O–H groups in total. The topological polar surface area (TPSA) is 106 Å². The number of carbonyl (C=O) groups excluding carboxylic acids is 2. The summed E-state index contributed by atoms with van der Waals surface area (Å²) in [5.74, 6) is 0.837. The number of hydrogen-bond donors (Lipinski definition) is 2. The summed E-state index contributed by atoms with van der Waals surface area (Å²) in [6.07, 6.45) is 9.99. The molecule has 2 aliphatic rings. The van der Waals surface area contributed by atoms with Gasteiger partial charge in [-0.1, -0.05) is 19.1 Å². The minimum absolute atomic E-state index is 0.0821. The van der Waals surface area contributed by atoms with Gasteiger partial charge in [-0.25, -0.2) is 4.79 Å². The second kappa shape index (κ2) is 12.6. The summed E-state index contributed by atoms with van der Waals surface area (Å²) in [4.78, 5) is 27.1. The molecule has 1 fully saturated rings. The first-order valence-electron chi connectivity index (χ1n) is 12.7. The number of aliphatic hydroxyl groups excluding tert-OH is 1. The average molecular weight is 511 g/mol. The van der Waals surface area contributed by atoms with E-state index in [4.69, 9.17) is 14.6 Å². The number of benzene rings is 1. The van der Waals surface area contributed by atoms with Gasteiger partial charge >= 0.3 is 6.09 Å². The summed E-state index contributed by atoms with van der Waals surface area (Å²) < 4.78 is 11.8. The molecule has 37 heavy (non-hydrogen) atoms. The van der Waals surface area contributed by atoms with Gasteiger partial charge in [0.15, 0.2) is 0 Å². The highest BCUT2D eigenvalue weighted by Gasteiger charge is 2.34. The molecule has 0 saturated carbocycles. The van der Waals surface area contributed by atoms with Gasteiger partial charge in [0.2, 0.25) is 5.91 Å². The van der Waals surface area contributed by atoms with Crippen molar-refractivity contribution in [3.05, 3.63) is 60.1 Å². The number of aliphatic hydroxyl groups is 1. The van der Waals surface area contributed by atoms with Gasteiger partial charge in [0, 0.05) is 42.4 Å².